The summed E-state index contributed by atoms with van der Waals surface area (Å²) in [5, 5.41) is 21.4. The van der Waals surface area contributed by atoms with Gasteiger partial charge in [-0.25, -0.2) is 0 Å². The van der Waals surface area contributed by atoms with Crippen LogP contribution < -0.4 is 0 Å². The lowest BCUT2D eigenvalue weighted by Crippen LogP contribution is -2.58. The van der Waals surface area contributed by atoms with E-state index in [1.54, 1.807) is 0 Å². The molecule has 23 heavy (non-hydrogen) atoms. The van der Waals surface area contributed by atoms with E-state index in [4.69, 9.17) is 0 Å². The van der Waals surface area contributed by atoms with Gasteiger partial charge < -0.3 is 15.0 Å². The van der Waals surface area contributed by atoms with E-state index in [1.807, 2.05) is 0 Å². The molecule has 3 heteroatoms. The molecule has 4 rings (SSSR count). The predicted octanol–water partition coefficient (Wildman–Crippen LogP) is 3.18. The van der Waals surface area contributed by atoms with Gasteiger partial charge >= 0.3 is 0 Å². The van der Waals surface area contributed by atoms with Crippen molar-refractivity contribution in [3.05, 3.63) is 0 Å². The maximum atomic E-state index is 11.2. The molecule has 0 bridgehead atoms. The van der Waals surface area contributed by atoms with E-state index < -0.39 is 0 Å². The molecule has 4 aliphatic rings. The van der Waals surface area contributed by atoms with Crippen LogP contribution in [0.3, 0.4) is 0 Å². The van der Waals surface area contributed by atoms with E-state index in [0.29, 0.717) is 23.7 Å². The molecular weight excluding hydrogens is 288 g/mol. The molecule has 9 atom stereocenters. The van der Waals surface area contributed by atoms with Gasteiger partial charge in [-0.1, -0.05) is 13.8 Å². The first-order chi connectivity index (χ1) is 10.9. The van der Waals surface area contributed by atoms with E-state index >= 15 is 0 Å². The highest BCUT2D eigenvalue weighted by Crippen LogP contribution is 2.66. The van der Waals surface area contributed by atoms with Gasteiger partial charge in [0.2, 0.25) is 0 Å². The second-order valence-corrected chi connectivity index (χ2v) is 9.60. The summed E-state index contributed by atoms with van der Waals surface area (Å²) in [6.07, 6.45) is 8.96. The zero-order valence-electron chi connectivity index (χ0n) is 14.6. The molecule has 0 aromatic rings. The Labute approximate surface area is 139 Å². The fourth-order valence-electron chi connectivity index (χ4n) is 7.43. The van der Waals surface area contributed by atoms with E-state index in [1.165, 1.54) is 6.42 Å². The molecule has 2 N–H and O–H groups in total. The van der Waals surface area contributed by atoms with Crippen molar-refractivity contribution in [2.24, 2.45) is 40.4 Å². The molecule has 130 valence electrons. The van der Waals surface area contributed by atoms with Gasteiger partial charge in [-0.2, -0.15) is 0 Å². The van der Waals surface area contributed by atoms with Crippen LogP contribution in [0.5, 0.6) is 0 Å². The summed E-state index contributed by atoms with van der Waals surface area (Å²) in [6, 6.07) is 0. The number of carbonyl (C=O) groups excluding carboxylic acids is 1. The zero-order valence-corrected chi connectivity index (χ0v) is 14.6. The number of rotatable bonds is 1. The molecule has 4 saturated carbocycles. The number of aliphatic hydroxyl groups excluding tert-OH is 2. The lowest BCUT2D eigenvalue weighted by Gasteiger charge is -2.61. The molecule has 0 aliphatic heterocycles. The lowest BCUT2D eigenvalue weighted by atomic mass is 9.44. The second kappa shape index (κ2) is 5.29. The van der Waals surface area contributed by atoms with Crippen molar-refractivity contribution >= 4 is 6.29 Å². The molecule has 1 unspecified atom stereocenters. The third kappa shape index (κ3) is 2.12. The summed E-state index contributed by atoms with van der Waals surface area (Å²) in [5.74, 6) is 2.26. The Hall–Kier alpha value is -0.410. The van der Waals surface area contributed by atoms with Crippen molar-refractivity contribution < 1.29 is 15.0 Å². The van der Waals surface area contributed by atoms with Crippen molar-refractivity contribution in [1.82, 2.24) is 0 Å². The van der Waals surface area contributed by atoms with Gasteiger partial charge in [-0.15, -0.1) is 0 Å². The Balaban J connectivity index is 1.65. The third-order valence-electron chi connectivity index (χ3n) is 8.86. The smallest absolute Gasteiger partial charge is 0.123 e. The van der Waals surface area contributed by atoms with Crippen LogP contribution in [0.1, 0.15) is 65.2 Å². The van der Waals surface area contributed by atoms with Gasteiger partial charge in [0, 0.05) is 5.92 Å². The molecule has 3 nitrogen and oxygen atoms in total. The number of carbonyl (C=O) groups is 1. The largest absolute Gasteiger partial charge is 0.393 e. The first-order valence-electron chi connectivity index (χ1n) is 9.71. The first-order valence-corrected chi connectivity index (χ1v) is 9.71. The van der Waals surface area contributed by atoms with Crippen LogP contribution in [0.15, 0.2) is 0 Å². The van der Waals surface area contributed by atoms with Gasteiger partial charge in [0.05, 0.1) is 12.2 Å². The lowest BCUT2D eigenvalue weighted by molar-refractivity contribution is -0.168. The van der Waals surface area contributed by atoms with Crippen molar-refractivity contribution in [3.8, 4) is 0 Å². The van der Waals surface area contributed by atoms with Crippen LogP contribution in [0.25, 0.3) is 0 Å². The fourth-order valence-corrected chi connectivity index (χ4v) is 7.43. The Morgan fingerprint density at radius 3 is 2.30 bits per heavy atom. The van der Waals surface area contributed by atoms with Crippen LogP contribution in [0, 0.1) is 40.4 Å². The third-order valence-corrected chi connectivity index (χ3v) is 8.86. The zero-order chi connectivity index (χ0) is 16.4. The van der Waals surface area contributed by atoms with Crippen LogP contribution in [0.2, 0.25) is 0 Å². The topological polar surface area (TPSA) is 57.5 Å². The number of hydrogen-bond donors (Lipinski definition) is 2. The summed E-state index contributed by atoms with van der Waals surface area (Å²) in [7, 11) is 0. The Morgan fingerprint density at radius 2 is 1.57 bits per heavy atom. The quantitative estimate of drug-likeness (QED) is 0.730. The molecule has 4 fully saturated rings. The molecule has 0 amide bonds. The van der Waals surface area contributed by atoms with Gasteiger partial charge in [0.1, 0.15) is 6.29 Å². The van der Waals surface area contributed by atoms with Crippen molar-refractivity contribution in [2.45, 2.75) is 77.4 Å². The summed E-state index contributed by atoms with van der Waals surface area (Å²) in [5.41, 5.74) is 0.265. The molecule has 0 radical (unpaired) electrons. The van der Waals surface area contributed by atoms with E-state index in [-0.39, 0.29) is 29.0 Å². The van der Waals surface area contributed by atoms with Gasteiger partial charge in [0.15, 0.2) is 0 Å². The molecule has 0 spiro atoms. The molecule has 0 saturated heterocycles. The summed E-state index contributed by atoms with van der Waals surface area (Å²) in [6.45, 7) is 4.68. The Kier molecular flexibility index (Phi) is 3.70. The maximum absolute atomic E-state index is 11.2. The maximum Gasteiger partial charge on any atom is 0.123 e. The van der Waals surface area contributed by atoms with Crippen molar-refractivity contribution in [3.63, 3.8) is 0 Å². The van der Waals surface area contributed by atoms with E-state index in [9.17, 15) is 15.0 Å². The summed E-state index contributed by atoms with van der Waals surface area (Å²) >= 11 is 0. The Bertz CT molecular complexity index is 491. The minimum absolute atomic E-state index is 0.0735. The average molecular weight is 320 g/mol. The van der Waals surface area contributed by atoms with Gasteiger partial charge in [-0.3, -0.25) is 0 Å². The van der Waals surface area contributed by atoms with Crippen molar-refractivity contribution in [1.29, 1.82) is 0 Å². The summed E-state index contributed by atoms with van der Waals surface area (Å²) in [4.78, 5) is 11.2. The van der Waals surface area contributed by atoms with Crippen molar-refractivity contribution in [2.75, 3.05) is 0 Å². The number of aldehydes is 1. The van der Waals surface area contributed by atoms with Crippen LogP contribution in [-0.2, 0) is 4.79 Å². The first kappa shape index (κ1) is 16.1. The molecule has 0 heterocycles. The molecular formula is C20H32O3. The minimum atomic E-state index is -0.260. The normalized spacial score (nSPS) is 58.9. The number of fused-ring (bicyclic) bond motifs is 5. The van der Waals surface area contributed by atoms with Gasteiger partial charge in [0.25, 0.3) is 0 Å². The highest BCUT2D eigenvalue weighted by Gasteiger charge is 2.61. The Morgan fingerprint density at radius 1 is 0.870 bits per heavy atom. The number of hydrogen-bond acceptors (Lipinski definition) is 3. The predicted molar refractivity (Wildman–Crippen MR) is 88.7 cm³/mol. The minimum Gasteiger partial charge on any atom is -0.393 e. The molecule has 0 aromatic carbocycles. The number of aliphatic hydroxyl groups is 2. The van der Waals surface area contributed by atoms with Gasteiger partial charge in [-0.05, 0) is 85.9 Å². The molecule has 0 aromatic heterocycles. The summed E-state index contributed by atoms with van der Waals surface area (Å²) < 4.78 is 0. The average Bonchev–Trinajstić information content (AvgIpc) is 2.83. The van der Waals surface area contributed by atoms with Crippen LogP contribution in [0.4, 0.5) is 0 Å². The van der Waals surface area contributed by atoms with E-state index in [2.05, 4.69) is 13.8 Å². The monoisotopic (exact) mass is 320 g/mol. The van der Waals surface area contributed by atoms with Crippen LogP contribution >= 0.6 is 0 Å². The highest BCUT2D eigenvalue weighted by molar-refractivity contribution is 5.53. The SMILES string of the molecule is C[C@]12CCC(C=O)C[C@@H]1[C@@H](O)C[C@@H]1[C@@H]2CC[C@]2(C)[C@@H](O)CC[C@@H]12. The highest BCUT2D eigenvalue weighted by atomic mass is 16.3. The van der Waals surface area contributed by atoms with Crippen LogP contribution in [-0.4, -0.2) is 28.7 Å². The fraction of sp³-hybridized carbons (Fsp3) is 0.950. The second-order valence-electron chi connectivity index (χ2n) is 9.60. The standard InChI is InChI=1S/C20H32O3/c1-19-7-5-12(11-21)9-16(19)17(22)10-13-14-3-4-18(23)20(14,2)8-6-15(13)19/h11-18,22-23H,3-10H2,1-2H3/t12?,13-,14-,15-,16+,17-,18-,19+,20-/m0/s1. The van der Waals surface area contributed by atoms with E-state index in [0.717, 1.165) is 51.2 Å². The molecule has 4 aliphatic carbocycles.